The summed E-state index contributed by atoms with van der Waals surface area (Å²) in [6.07, 6.45) is 0. The number of amides is 1. The molecular weight excluding hydrogens is 292 g/mol. The van der Waals surface area contributed by atoms with Crippen molar-refractivity contribution in [1.29, 1.82) is 0 Å². The van der Waals surface area contributed by atoms with Crippen molar-refractivity contribution in [3.63, 3.8) is 0 Å². The number of aromatic nitrogens is 3. The first-order chi connectivity index (χ1) is 9.54. The highest BCUT2D eigenvalue weighted by Gasteiger charge is 2.14. The fourth-order valence-corrected chi connectivity index (χ4v) is 3.59. The maximum atomic E-state index is 12.1. The largest absolute Gasteiger partial charge is 0.346 e. The molecule has 0 aliphatic heterocycles. The maximum absolute atomic E-state index is 12.1. The molecule has 1 N–H and O–H groups in total. The average Bonchev–Trinajstić information content (AvgIpc) is 3.02. The summed E-state index contributed by atoms with van der Waals surface area (Å²) in [6, 6.07) is 3.80. The van der Waals surface area contributed by atoms with Gasteiger partial charge in [-0.1, -0.05) is 11.3 Å². The molecule has 3 heterocycles. The van der Waals surface area contributed by atoms with E-state index < -0.39 is 0 Å². The second kappa shape index (κ2) is 4.99. The van der Waals surface area contributed by atoms with Gasteiger partial charge >= 0.3 is 0 Å². The number of nitrogens with zero attached hydrogens (tertiary/aromatic N) is 3. The monoisotopic (exact) mass is 306 g/mol. The summed E-state index contributed by atoms with van der Waals surface area (Å²) in [5.41, 5.74) is 1.84. The van der Waals surface area contributed by atoms with Crippen molar-refractivity contribution >= 4 is 33.5 Å². The van der Waals surface area contributed by atoms with Crippen molar-refractivity contribution in [2.24, 2.45) is 0 Å². The lowest BCUT2D eigenvalue weighted by molar-refractivity contribution is 0.0954. The van der Waals surface area contributed by atoms with Crippen LogP contribution < -0.4 is 5.32 Å². The molecule has 0 radical (unpaired) electrons. The molecule has 0 bridgehead atoms. The lowest BCUT2D eigenvalue weighted by Gasteiger charge is -2.03. The van der Waals surface area contributed by atoms with Crippen LogP contribution in [0.2, 0.25) is 0 Å². The zero-order valence-corrected chi connectivity index (χ0v) is 13.1. The predicted molar refractivity (Wildman–Crippen MR) is 80.6 cm³/mol. The fourth-order valence-electron chi connectivity index (χ4n) is 2.00. The topological polar surface area (TPSA) is 59.3 Å². The van der Waals surface area contributed by atoms with Gasteiger partial charge < -0.3 is 5.32 Å². The molecule has 1 amide bonds. The van der Waals surface area contributed by atoms with E-state index in [0.717, 1.165) is 31.1 Å². The Labute approximate surface area is 124 Å². The van der Waals surface area contributed by atoms with Gasteiger partial charge in [0, 0.05) is 4.88 Å². The zero-order valence-electron chi connectivity index (χ0n) is 11.4. The number of thiophene rings is 1. The Balaban J connectivity index is 1.79. The Morgan fingerprint density at radius 3 is 2.80 bits per heavy atom. The first-order valence-electron chi connectivity index (χ1n) is 6.21. The molecule has 0 saturated heterocycles. The Morgan fingerprint density at radius 1 is 1.30 bits per heavy atom. The van der Waals surface area contributed by atoms with Crippen LogP contribution in [0.1, 0.15) is 30.9 Å². The second-order valence-corrected chi connectivity index (χ2v) is 7.00. The lowest BCUT2D eigenvalue weighted by Crippen LogP contribution is -2.23. The highest BCUT2D eigenvalue weighted by atomic mass is 32.1. The van der Waals surface area contributed by atoms with Gasteiger partial charge in [-0.2, -0.15) is 5.10 Å². The molecule has 5 nitrogen and oxygen atoms in total. The number of aryl methyl sites for hydroxylation is 3. The highest BCUT2D eigenvalue weighted by molar-refractivity contribution is 7.16. The van der Waals surface area contributed by atoms with E-state index >= 15 is 0 Å². The summed E-state index contributed by atoms with van der Waals surface area (Å²) >= 11 is 3.05. The van der Waals surface area contributed by atoms with E-state index in [0.29, 0.717) is 6.54 Å². The summed E-state index contributed by atoms with van der Waals surface area (Å²) in [6.45, 7) is 6.31. The van der Waals surface area contributed by atoms with Gasteiger partial charge in [0.25, 0.3) is 5.91 Å². The quantitative estimate of drug-likeness (QED) is 0.809. The van der Waals surface area contributed by atoms with Crippen LogP contribution in [0.4, 0.5) is 0 Å². The van der Waals surface area contributed by atoms with Gasteiger partial charge in [0.2, 0.25) is 4.96 Å². The molecule has 0 atom stereocenters. The SMILES string of the molecule is Cc1ccc(C(=O)NCc2c(C)nc3sc(C)nn23)s1. The molecular formula is C13H14N4OS2. The van der Waals surface area contributed by atoms with Crippen molar-refractivity contribution in [2.75, 3.05) is 0 Å². The molecule has 0 aliphatic rings. The number of hydrogen-bond acceptors (Lipinski definition) is 5. The van der Waals surface area contributed by atoms with Crippen molar-refractivity contribution in [1.82, 2.24) is 19.9 Å². The number of carbonyl (C=O) groups is 1. The molecule has 0 fully saturated rings. The molecule has 0 saturated carbocycles. The van der Waals surface area contributed by atoms with E-state index in [1.165, 1.54) is 11.3 Å². The van der Waals surface area contributed by atoms with E-state index in [1.54, 1.807) is 11.3 Å². The summed E-state index contributed by atoms with van der Waals surface area (Å²) in [7, 11) is 0. The van der Waals surface area contributed by atoms with Gasteiger partial charge in [0.05, 0.1) is 22.8 Å². The molecule has 3 aromatic rings. The van der Waals surface area contributed by atoms with Crippen LogP contribution in [-0.2, 0) is 6.54 Å². The van der Waals surface area contributed by atoms with Gasteiger partial charge in [-0.15, -0.1) is 11.3 Å². The minimum Gasteiger partial charge on any atom is -0.346 e. The van der Waals surface area contributed by atoms with Crippen molar-refractivity contribution < 1.29 is 4.79 Å². The van der Waals surface area contributed by atoms with E-state index in [-0.39, 0.29) is 5.91 Å². The van der Waals surface area contributed by atoms with E-state index in [4.69, 9.17) is 0 Å². The molecule has 0 aromatic carbocycles. The van der Waals surface area contributed by atoms with Crippen LogP contribution in [0.3, 0.4) is 0 Å². The minimum atomic E-state index is -0.0515. The molecule has 3 rings (SSSR count). The highest BCUT2D eigenvalue weighted by Crippen LogP contribution is 2.18. The predicted octanol–water partition coefficient (Wildman–Crippen LogP) is 2.71. The van der Waals surface area contributed by atoms with Crippen molar-refractivity contribution in [2.45, 2.75) is 27.3 Å². The van der Waals surface area contributed by atoms with E-state index in [2.05, 4.69) is 15.4 Å². The molecule has 0 unspecified atom stereocenters. The van der Waals surface area contributed by atoms with Crippen molar-refractivity contribution in [3.05, 3.63) is 38.3 Å². The fraction of sp³-hybridized carbons (Fsp3) is 0.308. The average molecular weight is 306 g/mol. The second-order valence-electron chi connectivity index (χ2n) is 4.55. The zero-order chi connectivity index (χ0) is 14.3. The third kappa shape index (κ3) is 2.34. The number of rotatable bonds is 3. The first kappa shape index (κ1) is 13.3. The smallest absolute Gasteiger partial charge is 0.261 e. The van der Waals surface area contributed by atoms with Crippen molar-refractivity contribution in [3.8, 4) is 0 Å². The number of imidazole rings is 1. The van der Waals surface area contributed by atoms with Crippen LogP contribution in [0.15, 0.2) is 12.1 Å². The normalized spacial score (nSPS) is 11.2. The first-order valence-corrected chi connectivity index (χ1v) is 7.84. The Bertz CT molecular complexity index is 784. The summed E-state index contributed by atoms with van der Waals surface area (Å²) in [5, 5.41) is 8.31. The summed E-state index contributed by atoms with van der Waals surface area (Å²) in [5.74, 6) is -0.0515. The standard InChI is InChI=1S/C13H14N4OS2/c1-7-4-5-11(19-7)12(18)14-6-10-8(2)15-13-17(10)16-9(3)20-13/h4-5H,6H2,1-3H3,(H,14,18). The maximum Gasteiger partial charge on any atom is 0.261 e. The summed E-state index contributed by atoms with van der Waals surface area (Å²) in [4.78, 5) is 19.3. The minimum absolute atomic E-state index is 0.0515. The third-order valence-electron chi connectivity index (χ3n) is 2.98. The van der Waals surface area contributed by atoms with Crippen LogP contribution in [0, 0.1) is 20.8 Å². The number of nitrogens with one attached hydrogen (secondary N) is 1. The molecule has 3 aromatic heterocycles. The Morgan fingerprint density at radius 2 is 2.10 bits per heavy atom. The van der Waals surface area contributed by atoms with Crippen LogP contribution >= 0.6 is 22.7 Å². The summed E-state index contributed by atoms with van der Waals surface area (Å²) < 4.78 is 1.81. The van der Waals surface area contributed by atoms with Gasteiger partial charge in [0.1, 0.15) is 5.01 Å². The van der Waals surface area contributed by atoms with Gasteiger partial charge in [-0.3, -0.25) is 4.79 Å². The van der Waals surface area contributed by atoms with Crippen LogP contribution in [0.25, 0.3) is 4.96 Å². The molecule has 7 heteroatoms. The number of hydrogen-bond donors (Lipinski definition) is 1. The van der Waals surface area contributed by atoms with E-state index in [9.17, 15) is 4.79 Å². The van der Waals surface area contributed by atoms with Gasteiger partial charge in [0.15, 0.2) is 0 Å². The number of carbonyl (C=O) groups excluding carboxylic acids is 1. The molecule has 104 valence electrons. The van der Waals surface area contributed by atoms with Gasteiger partial charge in [-0.05, 0) is 32.9 Å². The van der Waals surface area contributed by atoms with E-state index in [1.807, 2.05) is 37.4 Å². The Hall–Kier alpha value is -1.73. The molecule has 20 heavy (non-hydrogen) atoms. The van der Waals surface area contributed by atoms with Crippen LogP contribution in [0.5, 0.6) is 0 Å². The molecule has 0 aliphatic carbocycles. The Kier molecular flexibility index (Phi) is 3.31. The third-order valence-corrected chi connectivity index (χ3v) is 4.80. The van der Waals surface area contributed by atoms with Gasteiger partial charge in [-0.25, -0.2) is 9.50 Å². The lowest BCUT2D eigenvalue weighted by atomic mass is 10.3. The number of fused-ring (bicyclic) bond motifs is 1. The molecule has 0 spiro atoms. The van der Waals surface area contributed by atoms with Crippen LogP contribution in [-0.4, -0.2) is 20.5 Å².